The van der Waals surface area contributed by atoms with Gasteiger partial charge in [-0.05, 0) is 30.7 Å². The average molecular weight is 472 g/mol. The lowest BCUT2D eigenvalue weighted by Gasteiger charge is -2.18. The summed E-state index contributed by atoms with van der Waals surface area (Å²) in [5.41, 5.74) is 1.09. The number of ether oxygens (including phenoxy) is 1. The van der Waals surface area contributed by atoms with Crippen molar-refractivity contribution in [2.45, 2.75) is 24.5 Å². The summed E-state index contributed by atoms with van der Waals surface area (Å²) in [6.45, 7) is 1.61. The van der Waals surface area contributed by atoms with Crippen LogP contribution in [0.1, 0.15) is 33.2 Å². The van der Waals surface area contributed by atoms with Gasteiger partial charge >= 0.3 is 5.97 Å². The van der Waals surface area contributed by atoms with Crippen molar-refractivity contribution in [3.63, 3.8) is 0 Å². The molecule has 0 aromatic heterocycles. The van der Waals surface area contributed by atoms with Gasteiger partial charge in [0.1, 0.15) is 0 Å². The van der Waals surface area contributed by atoms with Gasteiger partial charge in [-0.3, -0.25) is 4.79 Å². The van der Waals surface area contributed by atoms with Gasteiger partial charge < -0.3 is 4.74 Å². The SMILES string of the molecule is CC(OC(=O)c1cc(S(=O)(=O)N(C)Cc2ccccc2)ccc1Cl)C(=O)c1ccccc1. The Morgan fingerprint density at radius 2 is 1.56 bits per heavy atom. The first-order valence-corrected chi connectivity index (χ1v) is 11.6. The molecule has 3 aromatic rings. The highest BCUT2D eigenvalue weighted by molar-refractivity contribution is 7.89. The molecule has 1 unspecified atom stereocenters. The van der Waals surface area contributed by atoms with E-state index < -0.39 is 22.1 Å². The first kappa shape index (κ1) is 23.7. The van der Waals surface area contributed by atoms with Crippen LogP contribution < -0.4 is 0 Å². The highest BCUT2D eigenvalue weighted by Crippen LogP contribution is 2.25. The van der Waals surface area contributed by atoms with E-state index in [1.165, 1.54) is 36.5 Å². The van der Waals surface area contributed by atoms with Crippen LogP contribution in [-0.4, -0.2) is 37.6 Å². The quantitative estimate of drug-likeness (QED) is 0.354. The van der Waals surface area contributed by atoms with Crippen molar-refractivity contribution in [2.24, 2.45) is 0 Å². The number of hydrogen-bond donors (Lipinski definition) is 0. The molecular weight excluding hydrogens is 450 g/mol. The van der Waals surface area contributed by atoms with Gasteiger partial charge in [-0.15, -0.1) is 0 Å². The van der Waals surface area contributed by atoms with E-state index in [0.29, 0.717) is 5.56 Å². The molecule has 0 fully saturated rings. The number of benzene rings is 3. The lowest BCUT2D eigenvalue weighted by molar-refractivity contribution is 0.0318. The van der Waals surface area contributed by atoms with E-state index in [9.17, 15) is 18.0 Å². The Morgan fingerprint density at radius 3 is 2.19 bits per heavy atom. The average Bonchev–Trinajstić information content (AvgIpc) is 2.79. The minimum Gasteiger partial charge on any atom is -0.451 e. The molecule has 6 nitrogen and oxygen atoms in total. The number of Topliss-reactive ketones (excluding diaryl/α,β-unsaturated/α-hetero) is 1. The number of rotatable bonds is 8. The summed E-state index contributed by atoms with van der Waals surface area (Å²) in [4.78, 5) is 25.1. The third-order valence-electron chi connectivity index (χ3n) is 4.83. The number of esters is 1. The molecule has 0 aliphatic rings. The number of hydrogen-bond acceptors (Lipinski definition) is 5. The molecule has 0 amide bonds. The van der Waals surface area contributed by atoms with E-state index in [2.05, 4.69) is 0 Å². The molecule has 3 rings (SSSR count). The standard InChI is InChI=1S/C24H22ClNO5S/c1-17(23(27)19-11-7-4-8-12-19)31-24(28)21-15-20(13-14-22(21)25)32(29,30)26(2)16-18-9-5-3-6-10-18/h3-15,17H,16H2,1-2H3. The van der Waals surface area contributed by atoms with Crippen molar-refractivity contribution < 1.29 is 22.7 Å². The van der Waals surface area contributed by atoms with E-state index in [1.54, 1.807) is 30.3 Å². The molecule has 166 valence electrons. The van der Waals surface area contributed by atoms with Crippen molar-refractivity contribution in [1.82, 2.24) is 4.31 Å². The second-order valence-corrected chi connectivity index (χ2v) is 9.62. The molecule has 0 aliphatic heterocycles. The zero-order valence-electron chi connectivity index (χ0n) is 17.6. The van der Waals surface area contributed by atoms with Gasteiger partial charge in [0.15, 0.2) is 6.10 Å². The second-order valence-electron chi connectivity index (χ2n) is 7.17. The Kier molecular flexibility index (Phi) is 7.45. The molecule has 0 spiro atoms. The molecular formula is C24H22ClNO5S. The van der Waals surface area contributed by atoms with Crippen molar-refractivity contribution in [3.05, 3.63) is 101 Å². The van der Waals surface area contributed by atoms with Crippen LogP contribution in [0.3, 0.4) is 0 Å². The molecule has 3 aromatic carbocycles. The van der Waals surface area contributed by atoms with Crippen LogP contribution in [-0.2, 0) is 21.3 Å². The topological polar surface area (TPSA) is 80.8 Å². The first-order valence-electron chi connectivity index (χ1n) is 9.80. The molecule has 0 aliphatic carbocycles. The van der Waals surface area contributed by atoms with E-state index >= 15 is 0 Å². The summed E-state index contributed by atoms with van der Waals surface area (Å²) in [6.07, 6.45) is -1.07. The van der Waals surface area contributed by atoms with Crippen LogP contribution in [0.5, 0.6) is 0 Å². The number of sulfonamides is 1. The maximum atomic E-state index is 13.0. The van der Waals surface area contributed by atoms with Gasteiger partial charge in [-0.1, -0.05) is 72.3 Å². The molecule has 0 saturated carbocycles. The van der Waals surface area contributed by atoms with Gasteiger partial charge in [-0.2, -0.15) is 4.31 Å². The Bertz CT molecular complexity index is 1210. The summed E-state index contributed by atoms with van der Waals surface area (Å²) in [6, 6.07) is 21.4. The lowest BCUT2D eigenvalue weighted by atomic mass is 10.1. The molecule has 0 bridgehead atoms. The molecule has 0 saturated heterocycles. The number of ketones is 1. The number of nitrogens with zero attached hydrogens (tertiary/aromatic N) is 1. The fraction of sp³-hybridized carbons (Fsp3) is 0.167. The summed E-state index contributed by atoms with van der Waals surface area (Å²) in [5.74, 6) is -1.25. The largest absolute Gasteiger partial charge is 0.451 e. The third kappa shape index (κ3) is 5.43. The van der Waals surface area contributed by atoms with Gasteiger partial charge in [-0.25, -0.2) is 13.2 Å². The van der Waals surface area contributed by atoms with Gasteiger partial charge in [0.2, 0.25) is 15.8 Å². The molecule has 0 radical (unpaired) electrons. The zero-order chi connectivity index (χ0) is 23.3. The lowest BCUT2D eigenvalue weighted by Crippen LogP contribution is -2.27. The Morgan fingerprint density at radius 1 is 0.969 bits per heavy atom. The normalized spacial score (nSPS) is 12.4. The summed E-state index contributed by atoms with van der Waals surface area (Å²) >= 11 is 6.14. The van der Waals surface area contributed by atoms with Crippen molar-refractivity contribution in [3.8, 4) is 0 Å². The predicted molar refractivity (Wildman–Crippen MR) is 122 cm³/mol. The van der Waals surface area contributed by atoms with Crippen LogP contribution in [0.15, 0.2) is 83.8 Å². The fourth-order valence-electron chi connectivity index (χ4n) is 3.04. The summed E-state index contributed by atoms with van der Waals surface area (Å²) < 4.78 is 32.5. The van der Waals surface area contributed by atoms with Crippen LogP contribution in [0.2, 0.25) is 5.02 Å². The predicted octanol–water partition coefficient (Wildman–Crippen LogP) is 4.59. The number of carbonyl (C=O) groups is 2. The first-order chi connectivity index (χ1) is 15.2. The summed E-state index contributed by atoms with van der Waals surface area (Å²) in [5, 5.41) is 0.0269. The molecule has 0 heterocycles. The Balaban J connectivity index is 1.80. The number of halogens is 1. The zero-order valence-corrected chi connectivity index (χ0v) is 19.1. The van der Waals surface area contributed by atoms with Crippen LogP contribution in [0.4, 0.5) is 0 Å². The highest BCUT2D eigenvalue weighted by atomic mass is 35.5. The maximum absolute atomic E-state index is 13.0. The van der Waals surface area contributed by atoms with Gasteiger partial charge in [0, 0.05) is 19.2 Å². The minimum atomic E-state index is -3.90. The Hall–Kier alpha value is -3.00. The van der Waals surface area contributed by atoms with Gasteiger partial charge in [0.05, 0.1) is 15.5 Å². The minimum absolute atomic E-state index is 0.0269. The number of carbonyl (C=O) groups excluding carboxylic acids is 2. The van der Waals surface area contributed by atoms with E-state index in [-0.39, 0.29) is 27.8 Å². The monoisotopic (exact) mass is 471 g/mol. The van der Waals surface area contributed by atoms with Crippen LogP contribution in [0, 0.1) is 0 Å². The maximum Gasteiger partial charge on any atom is 0.340 e. The third-order valence-corrected chi connectivity index (χ3v) is 6.95. The second kappa shape index (κ2) is 10.1. The molecule has 0 N–H and O–H groups in total. The fourth-order valence-corrected chi connectivity index (χ4v) is 4.42. The highest BCUT2D eigenvalue weighted by Gasteiger charge is 2.26. The van der Waals surface area contributed by atoms with Crippen molar-refractivity contribution in [2.75, 3.05) is 7.05 Å². The van der Waals surface area contributed by atoms with Crippen LogP contribution in [0.25, 0.3) is 0 Å². The van der Waals surface area contributed by atoms with Crippen LogP contribution >= 0.6 is 11.6 Å². The van der Waals surface area contributed by atoms with Crippen molar-refractivity contribution >= 4 is 33.4 Å². The van der Waals surface area contributed by atoms with E-state index in [0.717, 1.165) is 5.56 Å². The van der Waals surface area contributed by atoms with E-state index in [4.69, 9.17) is 16.3 Å². The molecule has 32 heavy (non-hydrogen) atoms. The van der Waals surface area contributed by atoms with Gasteiger partial charge in [0.25, 0.3) is 0 Å². The molecule has 8 heteroatoms. The molecule has 1 atom stereocenters. The smallest absolute Gasteiger partial charge is 0.340 e. The Labute approximate surface area is 192 Å². The van der Waals surface area contributed by atoms with E-state index in [1.807, 2.05) is 30.3 Å². The summed E-state index contributed by atoms with van der Waals surface area (Å²) in [7, 11) is -2.44. The van der Waals surface area contributed by atoms with Crippen molar-refractivity contribution in [1.29, 1.82) is 0 Å².